The molecule has 2 aromatic carbocycles. The van der Waals surface area contributed by atoms with Crippen molar-refractivity contribution in [3.05, 3.63) is 84.4 Å². The SMILES string of the molecule is [13CH2]=[13CH]C1C(c2ccccc2)=C1c1ccccc1. The van der Waals surface area contributed by atoms with E-state index in [2.05, 4.69) is 67.2 Å². The average molecular weight is 220 g/mol. The van der Waals surface area contributed by atoms with E-state index < -0.39 is 0 Å². The van der Waals surface area contributed by atoms with Crippen LogP contribution in [0.15, 0.2) is 73.3 Å². The average Bonchev–Trinajstić information content (AvgIpc) is 3.15. The van der Waals surface area contributed by atoms with E-state index in [0.717, 1.165) is 0 Å². The summed E-state index contributed by atoms with van der Waals surface area (Å²) in [5.41, 5.74) is 5.48. The molecule has 0 N–H and O–H groups in total. The van der Waals surface area contributed by atoms with Crippen LogP contribution in [-0.4, -0.2) is 0 Å². The Balaban J connectivity index is 2.04. The lowest BCUT2D eigenvalue weighted by Gasteiger charge is -1.93. The van der Waals surface area contributed by atoms with Gasteiger partial charge in [-0.15, -0.1) is 6.58 Å². The zero-order valence-corrected chi connectivity index (χ0v) is 9.64. The van der Waals surface area contributed by atoms with Gasteiger partial charge < -0.3 is 0 Å². The van der Waals surface area contributed by atoms with Crippen molar-refractivity contribution in [2.24, 2.45) is 5.92 Å². The molecule has 0 saturated carbocycles. The molecule has 0 heterocycles. The Morgan fingerprint density at radius 3 is 1.47 bits per heavy atom. The molecule has 1 aliphatic rings. The highest BCUT2D eigenvalue weighted by Crippen LogP contribution is 2.53. The number of benzene rings is 2. The van der Waals surface area contributed by atoms with Crippen LogP contribution in [0.4, 0.5) is 0 Å². The molecule has 0 spiro atoms. The molecular formula is C17H14. The van der Waals surface area contributed by atoms with Crippen LogP contribution in [0.1, 0.15) is 11.1 Å². The van der Waals surface area contributed by atoms with Gasteiger partial charge in [0.1, 0.15) is 0 Å². The molecule has 2 aromatic rings. The molecule has 0 fully saturated rings. The third-order valence-corrected chi connectivity index (χ3v) is 3.23. The molecule has 17 heavy (non-hydrogen) atoms. The molecule has 3 rings (SSSR count). The predicted molar refractivity (Wildman–Crippen MR) is 73.4 cm³/mol. The summed E-state index contributed by atoms with van der Waals surface area (Å²) in [7, 11) is 0. The van der Waals surface area contributed by atoms with Gasteiger partial charge in [0, 0.05) is 5.92 Å². The lowest BCUT2D eigenvalue weighted by Crippen LogP contribution is -1.77. The van der Waals surface area contributed by atoms with Gasteiger partial charge in [0.25, 0.3) is 0 Å². The van der Waals surface area contributed by atoms with Crippen LogP contribution in [0.5, 0.6) is 0 Å². The Morgan fingerprint density at radius 2 is 1.12 bits per heavy atom. The Hall–Kier alpha value is -2.08. The maximum atomic E-state index is 3.93. The summed E-state index contributed by atoms with van der Waals surface area (Å²) >= 11 is 0. The Labute approximate surface area is 102 Å². The van der Waals surface area contributed by atoms with Gasteiger partial charge in [-0.25, -0.2) is 0 Å². The van der Waals surface area contributed by atoms with Gasteiger partial charge in [-0.05, 0) is 22.3 Å². The van der Waals surface area contributed by atoms with Crippen LogP contribution >= 0.6 is 0 Å². The van der Waals surface area contributed by atoms with Crippen molar-refractivity contribution in [1.82, 2.24) is 0 Å². The third kappa shape index (κ3) is 1.72. The zero-order chi connectivity index (χ0) is 11.7. The summed E-state index contributed by atoms with van der Waals surface area (Å²) in [6.07, 6.45) is 2.03. The lowest BCUT2D eigenvalue weighted by molar-refractivity contribution is 1.28. The highest BCUT2D eigenvalue weighted by Gasteiger charge is 2.35. The second-order valence-corrected chi connectivity index (χ2v) is 4.27. The molecule has 0 heteroatoms. The molecule has 0 nitrogen and oxygen atoms in total. The summed E-state index contributed by atoms with van der Waals surface area (Å²) in [6, 6.07) is 21.1. The second-order valence-electron chi connectivity index (χ2n) is 4.27. The standard InChI is InChI=1S/C17H14/c1-2-15-16(13-9-5-3-6-10-13)17(15)14-11-7-4-8-12-14/h2-12,15H,1H2/i1+1,2+1. The highest BCUT2D eigenvalue weighted by atomic mass is 14.5. The fourth-order valence-electron chi connectivity index (χ4n) is 2.38. The summed E-state index contributed by atoms with van der Waals surface area (Å²) in [5.74, 6) is 0.430. The second kappa shape index (κ2) is 4.06. The zero-order valence-electron chi connectivity index (χ0n) is 9.64. The fraction of sp³-hybridized carbons (Fsp3) is 0.0588. The summed E-state index contributed by atoms with van der Waals surface area (Å²) in [6.45, 7) is 3.93. The minimum Gasteiger partial charge on any atom is -0.102 e. The molecule has 0 atom stereocenters. The van der Waals surface area contributed by atoms with E-state index in [-0.39, 0.29) is 0 Å². The molecule has 1 aliphatic carbocycles. The molecule has 0 bridgehead atoms. The molecule has 0 unspecified atom stereocenters. The van der Waals surface area contributed by atoms with Gasteiger partial charge >= 0.3 is 0 Å². The molecule has 82 valence electrons. The highest BCUT2D eigenvalue weighted by molar-refractivity contribution is 6.11. The van der Waals surface area contributed by atoms with Crippen LogP contribution in [0, 0.1) is 5.92 Å². The van der Waals surface area contributed by atoms with Crippen molar-refractivity contribution < 1.29 is 0 Å². The first kappa shape index (κ1) is 10.1. The first-order chi connectivity index (χ1) is 8.42. The maximum absolute atomic E-state index is 3.93. The van der Waals surface area contributed by atoms with Crippen molar-refractivity contribution >= 4 is 11.1 Å². The third-order valence-electron chi connectivity index (χ3n) is 3.23. The summed E-state index contributed by atoms with van der Waals surface area (Å²) in [4.78, 5) is 0. The monoisotopic (exact) mass is 220 g/mol. The summed E-state index contributed by atoms with van der Waals surface area (Å²) < 4.78 is 0. The molecule has 0 saturated heterocycles. The Kier molecular flexibility index (Phi) is 2.41. The van der Waals surface area contributed by atoms with E-state index in [1.807, 2.05) is 6.08 Å². The maximum Gasteiger partial charge on any atom is 0.0285 e. The van der Waals surface area contributed by atoms with Gasteiger partial charge in [-0.3, -0.25) is 0 Å². The molecule has 0 amide bonds. The van der Waals surface area contributed by atoms with Crippen molar-refractivity contribution in [3.63, 3.8) is 0 Å². The van der Waals surface area contributed by atoms with Gasteiger partial charge in [-0.1, -0.05) is 66.7 Å². The van der Waals surface area contributed by atoms with E-state index in [1.165, 1.54) is 22.3 Å². The van der Waals surface area contributed by atoms with E-state index in [0.29, 0.717) is 5.92 Å². The largest absolute Gasteiger partial charge is 0.102 e. The van der Waals surface area contributed by atoms with Gasteiger partial charge in [0.15, 0.2) is 0 Å². The van der Waals surface area contributed by atoms with Crippen LogP contribution < -0.4 is 0 Å². The van der Waals surface area contributed by atoms with Crippen molar-refractivity contribution in [3.8, 4) is 0 Å². The number of hydrogen-bond donors (Lipinski definition) is 0. The topological polar surface area (TPSA) is 0 Å². The van der Waals surface area contributed by atoms with E-state index in [9.17, 15) is 0 Å². The van der Waals surface area contributed by atoms with Crippen LogP contribution in [0.3, 0.4) is 0 Å². The Bertz CT molecular complexity index is 512. The van der Waals surface area contributed by atoms with E-state index >= 15 is 0 Å². The van der Waals surface area contributed by atoms with Crippen molar-refractivity contribution in [2.75, 3.05) is 0 Å². The first-order valence-corrected chi connectivity index (χ1v) is 5.89. The normalized spacial score (nSPS) is 14.8. The molecular weight excluding hydrogens is 206 g/mol. The van der Waals surface area contributed by atoms with Gasteiger partial charge in [-0.2, -0.15) is 0 Å². The number of rotatable bonds is 3. The quantitative estimate of drug-likeness (QED) is 0.531. The summed E-state index contributed by atoms with van der Waals surface area (Å²) in [5, 5.41) is 0. The van der Waals surface area contributed by atoms with Gasteiger partial charge in [0.05, 0.1) is 0 Å². The number of allylic oxidation sites excluding steroid dienone is 3. The smallest absolute Gasteiger partial charge is 0.0285 e. The minimum absolute atomic E-state index is 0.430. The molecule has 0 radical (unpaired) electrons. The lowest BCUT2D eigenvalue weighted by atomic mass is 10.1. The van der Waals surface area contributed by atoms with Crippen LogP contribution in [0.25, 0.3) is 11.1 Å². The van der Waals surface area contributed by atoms with Crippen LogP contribution in [0.2, 0.25) is 0 Å². The van der Waals surface area contributed by atoms with Crippen molar-refractivity contribution in [2.45, 2.75) is 0 Å². The fourth-order valence-corrected chi connectivity index (χ4v) is 2.38. The van der Waals surface area contributed by atoms with E-state index in [1.54, 1.807) is 0 Å². The Morgan fingerprint density at radius 1 is 0.706 bits per heavy atom. The number of hydrogen-bond acceptors (Lipinski definition) is 0. The molecule has 0 aromatic heterocycles. The van der Waals surface area contributed by atoms with Crippen molar-refractivity contribution in [1.29, 1.82) is 0 Å². The van der Waals surface area contributed by atoms with Crippen LogP contribution in [-0.2, 0) is 0 Å². The van der Waals surface area contributed by atoms with E-state index in [4.69, 9.17) is 0 Å². The molecule has 0 aliphatic heterocycles. The minimum atomic E-state index is 0.430. The first-order valence-electron chi connectivity index (χ1n) is 5.89. The van der Waals surface area contributed by atoms with Gasteiger partial charge in [0.2, 0.25) is 0 Å². The predicted octanol–water partition coefficient (Wildman–Crippen LogP) is 4.41.